The van der Waals surface area contributed by atoms with Gasteiger partial charge in [0.05, 0.1) is 11.7 Å². The summed E-state index contributed by atoms with van der Waals surface area (Å²) in [4.78, 5) is 33.4. The Balaban J connectivity index is 0.000000497. The van der Waals surface area contributed by atoms with Crippen LogP contribution in [-0.4, -0.2) is 55.1 Å². The van der Waals surface area contributed by atoms with Crippen LogP contribution in [0.1, 0.15) is 172 Å². The van der Waals surface area contributed by atoms with Crippen molar-refractivity contribution in [2.45, 2.75) is 131 Å². The van der Waals surface area contributed by atoms with Crippen molar-refractivity contribution in [3.05, 3.63) is 244 Å². The molecular formula is C69H85Cl7N2O7. The molecule has 3 atom stereocenters. The lowest BCUT2D eigenvalue weighted by Gasteiger charge is -2.23. The highest BCUT2D eigenvalue weighted by atomic mass is 35.5. The lowest BCUT2D eigenvalue weighted by molar-refractivity contribution is -0.127. The first-order valence-electron chi connectivity index (χ1n) is 28.5. The van der Waals surface area contributed by atoms with Crippen molar-refractivity contribution < 1.29 is 34.1 Å². The quantitative estimate of drug-likeness (QED) is 0.0441. The first kappa shape index (κ1) is 78.0. The monoisotopic (exact) mass is 1300 g/mol. The summed E-state index contributed by atoms with van der Waals surface area (Å²) in [5.74, 6) is 0.0156. The minimum Gasteiger partial charge on any atom is -0.388 e. The van der Waals surface area contributed by atoms with Crippen LogP contribution < -0.4 is 10.6 Å². The number of Topliss-reactive ketones (excluding diaryl/α,β-unsaturated/α-hetero) is 1. The molecule has 85 heavy (non-hydrogen) atoms. The molecule has 2 amide bonds. The number of rotatable bonds is 20. The van der Waals surface area contributed by atoms with Crippen molar-refractivity contribution in [2.24, 2.45) is 0 Å². The van der Waals surface area contributed by atoms with Gasteiger partial charge in [0.25, 0.3) is 11.8 Å². The van der Waals surface area contributed by atoms with Crippen LogP contribution in [0.4, 0.5) is 0 Å². The van der Waals surface area contributed by atoms with Crippen molar-refractivity contribution >= 4 is 98.8 Å². The molecular weight excluding hydrogens is 1220 g/mol. The van der Waals surface area contributed by atoms with Gasteiger partial charge in [0.2, 0.25) is 0 Å². The molecule has 0 fully saturated rings. The second-order valence-electron chi connectivity index (χ2n) is 19.2. The summed E-state index contributed by atoms with van der Waals surface area (Å²) in [7, 11) is 3.23. The second kappa shape index (κ2) is 46.2. The SMILES string of the molecule is CCC(=O)c1ccc(Cl)cc1.CCCC(C)(O)c1ccc(Cl)cc1.CCCC(O)c1ccc(Cl)cc1.CCCCc1ccc(Cl)cc1.CCCNC(=O)c1ccc(Cl)cc1.CCCOC(OC)c1ccc(Cl)cc1.CNC(=O)c1ccc(Cl)cc1. The zero-order chi connectivity index (χ0) is 63.6. The van der Waals surface area contributed by atoms with Crippen LogP contribution in [0.3, 0.4) is 0 Å². The Morgan fingerprint density at radius 2 is 0.906 bits per heavy atom. The first-order chi connectivity index (χ1) is 40.6. The Labute approximate surface area is 541 Å². The molecule has 0 aliphatic carbocycles. The van der Waals surface area contributed by atoms with E-state index in [1.54, 1.807) is 111 Å². The van der Waals surface area contributed by atoms with Gasteiger partial charge in [-0.25, -0.2) is 0 Å². The standard InChI is InChI=1S/C11H15ClO2.C11H15ClO.C10H12ClNO.C10H13ClO.C10H13Cl.C9H9ClO.C8H8ClNO/c1-3-8-14-11(13-2)9-4-6-10(12)7-5-9;1-3-8-11(2,13)9-4-6-10(12)7-5-9;1-2-7-12-10(13)8-3-5-9(11)6-4-8;1-2-3-10(12)8-4-6-9(11)7-5-8;1-2-3-4-9-5-7-10(11)8-6-9;1-2-9(11)7-3-5-8(10)6-4-7;1-10-8(11)6-2-4-7(9)5-3-6/h4-7,11H,3,8H2,1-2H3;4-7,13H,3,8H2,1-2H3;3-6H,2,7H2,1H3,(H,12,13);4-7,10,12H,2-3H2,1H3;5-8H,2-4H2,1H3;3-6H,2H2,1H3;2-5H,1H3,(H,10,11). The van der Waals surface area contributed by atoms with Crippen LogP contribution in [-0.2, 0) is 21.5 Å². The fourth-order valence-electron chi connectivity index (χ4n) is 7.27. The molecule has 7 aromatic rings. The molecule has 0 aliphatic heterocycles. The van der Waals surface area contributed by atoms with Gasteiger partial charge in [-0.15, -0.1) is 0 Å². The van der Waals surface area contributed by atoms with E-state index in [9.17, 15) is 24.6 Å². The number of benzene rings is 7. The van der Waals surface area contributed by atoms with Gasteiger partial charge in [0, 0.05) is 91.1 Å². The van der Waals surface area contributed by atoms with Gasteiger partial charge in [-0.3, -0.25) is 14.4 Å². The molecule has 0 aliphatic rings. The van der Waals surface area contributed by atoms with Crippen LogP contribution in [0, 0.1) is 0 Å². The van der Waals surface area contributed by atoms with Gasteiger partial charge in [-0.1, -0.05) is 191 Å². The molecule has 0 aromatic heterocycles. The molecule has 0 saturated carbocycles. The molecule has 0 saturated heterocycles. The highest BCUT2D eigenvalue weighted by Crippen LogP contribution is 2.27. The van der Waals surface area contributed by atoms with E-state index in [0.29, 0.717) is 55.8 Å². The molecule has 7 rings (SSSR count). The molecule has 9 nitrogen and oxygen atoms in total. The molecule has 16 heteroatoms. The predicted octanol–water partition coefficient (Wildman–Crippen LogP) is 20.7. The van der Waals surface area contributed by atoms with Gasteiger partial charge >= 0.3 is 0 Å². The van der Waals surface area contributed by atoms with E-state index in [0.717, 1.165) is 70.8 Å². The number of unbranched alkanes of at least 4 members (excludes halogenated alkanes) is 1. The average Bonchev–Trinajstić information content (AvgIpc) is 3.69. The first-order valence-corrected chi connectivity index (χ1v) is 31.1. The second-order valence-corrected chi connectivity index (χ2v) is 22.3. The van der Waals surface area contributed by atoms with Crippen LogP contribution in [0.5, 0.6) is 0 Å². The number of carbonyl (C=O) groups is 3. The lowest BCUT2D eigenvalue weighted by Crippen LogP contribution is -2.23. The van der Waals surface area contributed by atoms with E-state index in [2.05, 4.69) is 50.5 Å². The maximum Gasteiger partial charge on any atom is 0.251 e. The van der Waals surface area contributed by atoms with Crippen LogP contribution in [0.15, 0.2) is 170 Å². The van der Waals surface area contributed by atoms with E-state index in [1.165, 1.54) is 24.8 Å². The minimum atomic E-state index is -0.723. The Morgan fingerprint density at radius 3 is 1.28 bits per heavy atom. The maximum absolute atomic E-state index is 11.4. The Kier molecular flexibility index (Phi) is 42.4. The number of aryl methyl sites for hydroxylation is 1. The van der Waals surface area contributed by atoms with E-state index >= 15 is 0 Å². The van der Waals surface area contributed by atoms with E-state index < -0.39 is 5.60 Å². The van der Waals surface area contributed by atoms with Crippen molar-refractivity contribution in [1.29, 1.82) is 0 Å². The highest BCUT2D eigenvalue weighted by Gasteiger charge is 2.21. The molecule has 7 aromatic carbocycles. The van der Waals surface area contributed by atoms with Gasteiger partial charge < -0.3 is 30.3 Å². The van der Waals surface area contributed by atoms with Crippen LogP contribution in [0.25, 0.3) is 0 Å². The van der Waals surface area contributed by atoms with E-state index in [-0.39, 0.29) is 30.0 Å². The third kappa shape index (κ3) is 34.8. The smallest absolute Gasteiger partial charge is 0.251 e. The highest BCUT2D eigenvalue weighted by molar-refractivity contribution is 6.32. The molecule has 0 bridgehead atoms. The van der Waals surface area contributed by atoms with Crippen molar-refractivity contribution in [1.82, 2.24) is 10.6 Å². The number of halogens is 7. The molecule has 462 valence electrons. The largest absolute Gasteiger partial charge is 0.388 e. The van der Waals surface area contributed by atoms with Crippen molar-refractivity contribution in [2.75, 3.05) is 27.3 Å². The van der Waals surface area contributed by atoms with Crippen LogP contribution in [0.2, 0.25) is 35.2 Å². The Bertz CT molecular complexity index is 2800. The predicted molar refractivity (Wildman–Crippen MR) is 360 cm³/mol. The van der Waals surface area contributed by atoms with E-state index in [1.807, 2.05) is 81.4 Å². The molecule has 0 radical (unpaired) electrons. The van der Waals surface area contributed by atoms with Crippen molar-refractivity contribution in [3.8, 4) is 0 Å². The number of amides is 2. The fraction of sp³-hybridized carbons (Fsp3) is 0.348. The van der Waals surface area contributed by atoms with Crippen molar-refractivity contribution in [3.63, 3.8) is 0 Å². The number of aliphatic hydroxyl groups is 2. The minimum absolute atomic E-state index is 0.0430. The fourth-order valence-corrected chi connectivity index (χ4v) is 8.15. The number of aliphatic hydroxyl groups excluding tert-OH is 1. The Hall–Kier alpha value is -4.98. The van der Waals surface area contributed by atoms with E-state index in [4.69, 9.17) is 90.7 Å². The number of ketones is 1. The normalized spacial score (nSPS) is 11.5. The van der Waals surface area contributed by atoms with Gasteiger partial charge in [-0.2, -0.15) is 0 Å². The van der Waals surface area contributed by atoms with Gasteiger partial charge in [-0.05, 0) is 183 Å². The molecule has 4 N–H and O–H groups in total. The molecule has 0 heterocycles. The van der Waals surface area contributed by atoms with Crippen LogP contribution >= 0.6 is 81.2 Å². The average molecular weight is 1300 g/mol. The maximum atomic E-state index is 11.4. The third-order valence-corrected chi connectivity index (χ3v) is 13.8. The Morgan fingerprint density at radius 1 is 0.506 bits per heavy atom. The third-order valence-electron chi connectivity index (χ3n) is 12.0. The van der Waals surface area contributed by atoms with Gasteiger partial charge in [0.1, 0.15) is 0 Å². The topological polar surface area (TPSA) is 134 Å². The summed E-state index contributed by atoms with van der Waals surface area (Å²) < 4.78 is 10.7. The molecule has 3 unspecified atom stereocenters. The summed E-state index contributed by atoms with van der Waals surface area (Å²) in [5.41, 5.74) is 5.53. The number of nitrogens with one attached hydrogen (secondary N) is 2. The number of hydrogen-bond acceptors (Lipinski definition) is 7. The zero-order valence-electron chi connectivity index (χ0n) is 50.4. The number of carbonyl (C=O) groups excluding carboxylic acids is 3. The summed E-state index contributed by atoms with van der Waals surface area (Å²) in [6.07, 6.45) is 9.07. The summed E-state index contributed by atoms with van der Waals surface area (Å²) in [5, 5.41) is 29.8. The summed E-state index contributed by atoms with van der Waals surface area (Å²) >= 11 is 40.0. The summed E-state index contributed by atoms with van der Waals surface area (Å²) in [6, 6.07) is 50.8. The molecule has 0 spiro atoms. The number of hydrogen-bond donors (Lipinski definition) is 4. The number of ether oxygens (including phenoxy) is 2. The summed E-state index contributed by atoms with van der Waals surface area (Å²) in [6.45, 7) is 15.5. The zero-order valence-corrected chi connectivity index (χ0v) is 55.7. The lowest BCUT2D eigenvalue weighted by atomic mass is 9.92. The van der Waals surface area contributed by atoms with Gasteiger partial charge in [0.15, 0.2) is 12.1 Å². The number of methoxy groups -OCH3 is 1.